The van der Waals surface area contributed by atoms with Gasteiger partial charge in [0.05, 0.1) is 11.7 Å². The summed E-state index contributed by atoms with van der Waals surface area (Å²) in [5, 5.41) is 10.3. The van der Waals surface area contributed by atoms with Gasteiger partial charge in [-0.25, -0.2) is 0 Å². The lowest BCUT2D eigenvalue weighted by Crippen LogP contribution is -2.40. The molecule has 2 atom stereocenters. The number of ether oxygens (including phenoxy) is 1. The Hall–Kier alpha value is -0.0800. The summed E-state index contributed by atoms with van der Waals surface area (Å²) >= 11 is 0. The summed E-state index contributed by atoms with van der Waals surface area (Å²) in [6, 6.07) is 0. The SMILES string of the molecule is CCCCCC1(O)CCOC(CC)C1. The van der Waals surface area contributed by atoms with Crippen LogP contribution in [0, 0.1) is 0 Å². The van der Waals surface area contributed by atoms with Gasteiger partial charge in [0.2, 0.25) is 0 Å². The van der Waals surface area contributed by atoms with Crippen LogP contribution in [0.1, 0.15) is 58.8 Å². The first-order valence-corrected chi connectivity index (χ1v) is 6.04. The van der Waals surface area contributed by atoms with Gasteiger partial charge < -0.3 is 9.84 Å². The maximum absolute atomic E-state index is 10.3. The Morgan fingerprint density at radius 1 is 1.36 bits per heavy atom. The predicted molar refractivity (Wildman–Crippen MR) is 58.4 cm³/mol. The first kappa shape index (κ1) is 12.0. The highest BCUT2D eigenvalue weighted by Crippen LogP contribution is 2.30. The molecule has 14 heavy (non-hydrogen) atoms. The monoisotopic (exact) mass is 200 g/mol. The molecule has 0 aromatic carbocycles. The Labute approximate surface area is 87.7 Å². The van der Waals surface area contributed by atoms with Crippen molar-refractivity contribution in [3.05, 3.63) is 0 Å². The highest BCUT2D eigenvalue weighted by atomic mass is 16.5. The van der Waals surface area contributed by atoms with Gasteiger partial charge in [-0.15, -0.1) is 0 Å². The van der Waals surface area contributed by atoms with Crippen molar-refractivity contribution >= 4 is 0 Å². The largest absolute Gasteiger partial charge is 0.390 e. The Kier molecular flexibility index (Phi) is 4.90. The topological polar surface area (TPSA) is 29.5 Å². The van der Waals surface area contributed by atoms with Crippen molar-refractivity contribution < 1.29 is 9.84 Å². The van der Waals surface area contributed by atoms with Crippen LogP contribution in [-0.2, 0) is 4.74 Å². The summed E-state index contributed by atoms with van der Waals surface area (Å²) in [5.74, 6) is 0. The van der Waals surface area contributed by atoms with Crippen molar-refractivity contribution in [3.8, 4) is 0 Å². The van der Waals surface area contributed by atoms with Gasteiger partial charge in [-0.2, -0.15) is 0 Å². The van der Waals surface area contributed by atoms with Gasteiger partial charge in [0.25, 0.3) is 0 Å². The smallest absolute Gasteiger partial charge is 0.0694 e. The van der Waals surface area contributed by atoms with Crippen LogP contribution < -0.4 is 0 Å². The molecule has 2 heteroatoms. The summed E-state index contributed by atoms with van der Waals surface area (Å²) in [4.78, 5) is 0. The van der Waals surface area contributed by atoms with E-state index >= 15 is 0 Å². The van der Waals surface area contributed by atoms with Gasteiger partial charge in [0, 0.05) is 13.0 Å². The van der Waals surface area contributed by atoms with E-state index in [0.717, 1.165) is 38.7 Å². The van der Waals surface area contributed by atoms with Crippen molar-refractivity contribution in [1.82, 2.24) is 0 Å². The maximum atomic E-state index is 10.3. The molecule has 0 aliphatic carbocycles. The molecule has 0 bridgehead atoms. The molecule has 0 spiro atoms. The van der Waals surface area contributed by atoms with Gasteiger partial charge in [-0.05, 0) is 19.3 Å². The first-order valence-electron chi connectivity index (χ1n) is 6.04. The molecule has 1 rings (SSSR count). The van der Waals surface area contributed by atoms with Crippen molar-refractivity contribution in [2.45, 2.75) is 70.5 Å². The first-order chi connectivity index (χ1) is 6.70. The predicted octanol–water partition coefficient (Wildman–Crippen LogP) is 2.89. The third-order valence-electron chi connectivity index (χ3n) is 3.23. The number of aliphatic hydroxyl groups is 1. The van der Waals surface area contributed by atoms with Gasteiger partial charge in [-0.3, -0.25) is 0 Å². The lowest BCUT2D eigenvalue weighted by atomic mass is 9.85. The van der Waals surface area contributed by atoms with E-state index in [0.29, 0.717) is 0 Å². The fraction of sp³-hybridized carbons (Fsp3) is 1.00. The second-order valence-corrected chi connectivity index (χ2v) is 4.54. The van der Waals surface area contributed by atoms with Crippen LogP contribution in [0.25, 0.3) is 0 Å². The van der Waals surface area contributed by atoms with Crippen molar-refractivity contribution in [1.29, 1.82) is 0 Å². The molecule has 0 amide bonds. The molecule has 1 heterocycles. The highest BCUT2D eigenvalue weighted by molar-refractivity contribution is 4.85. The minimum Gasteiger partial charge on any atom is -0.390 e. The maximum Gasteiger partial charge on any atom is 0.0694 e. The van der Waals surface area contributed by atoms with Crippen LogP contribution in [0.15, 0.2) is 0 Å². The normalized spacial score (nSPS) is 33.2. The third-order valence-corrected chi connectivity index (χ3v) is 3.23. The van der Waals surface area contributed by atoms with Crippen LogP contribution in [0.5, 0.6) is 0 Å². The fourth-order valence-electron chi connectivity index (χ4n) is 2.19. The van der Waals surface area contributed by atoms with E-state index < -0.39 is 5.60 Å². The molecule has 2 unspecified atom stereocenters. The van der Waals surface area contributed by atoms with E-state index in [1.54, 1.807) is 0 Å². The van der Waals surface area contributed by atoms with Gasteiger partial charge in [-0.1, -0.05) is 33.1 Å². The molecule has 0 aromatic heterocycles. The molecule has 1 aliphatic rings. The van der Waals surface area contributed by atoms with E-state index in [9.17, 15) is 5.11 Å². The Morgan fingerprint density at radius 3 is 2.79 bits per heavy atom. The second-order valence-electron chi connectivity index (χ2n) is 4.54. The zero-order chi connectivity index (χ0) is 10.4. The van der Waals surface area contributed by atoms with Crippen molar-refractivity contribution in [3.63, 3.8) is 0 Å². The third kappa shape index (κ3) is 3.58. The Balaban J connectivity index is 2.31. The molecule has 1 N–H and O–H groups in total. The number of rotatable bonds is 5. The highest BCUT2D eigenvalue weighted by Gasteiger charge is 2.33. The van der Waals surface area contributed by atoms with Crippen LogP contribution in [-0.4, -0.2) is 23.4 Å². The molecule has 1 saturated heterocycles. The summed E-state index contributed by atoms with van der Waals surface area (Å²) in [7, 11) is 0. The van der Waals surface area contributed by atoms with Gasteiger partial charge >= 0.3 is 0 Å². The van der Waals surface area contributed by atoms with E-state index in [4.69, 9.17) is 4.74 Å². The average molecular weight is 200 g/mol. The van der Waals surface area contributed by atoms with Crippen molar-refractivity contribution in [2.75, 3.05) is 6.61 Å². The molecule has 1 fully saturated rings. The Bertz CT molecular complexity index is 158. The minimum absolute atomic E-state index is 0.287. The molecule has 0 saturated carbocycles. The zero-order valence-electron chi connectivity index (χ0n) is 9.59. The van der Waals surface area contributed by atoms with E-state index in [-0.39, 0.29) is 6.10 Å². The molecule has 1 aliphatic heterocycles. The molecule has 84 valence electrons. The molecular weight excluding hydrogens is 176 g/mol. The van der Waals surface area contributed by atoms with Crippen molar-refractivity contribution in [2.24, 2.45) is 0 Å². The molecule has 0 aromatic rings. The van der Waals surface area contributed by atoms with Crippen LogP contribution in [0.3, 0.4) is 0 Å². The number of unbranched alkanes of at least 4 members (excludes halogenated alkanes) is 2. The van der Waals surface area contributed by atoms with E-state index in [1.807, 2.05) is 0 Å². The summed E-state index contributed by atoms with van der Waals surface area (Å²) in [5.41, 5.74) is -0.423. The molecular formula is C12H24O2. The Morgan fingerprint density at radius 2 is 2.14 bits per heavy atom. The molecule has 2 nitrogen and oxygen atoms in total. The minimum atomic E-state index is -0.423. The quantitative estimate of drug-likeness (QED) is 0.691. The summed E-state index contributed by atoms with van der Waals surface area (Å²) in [6.07, 6.45) is 7.56. The second kappa shape index (κ2) is 5.72. The van der Waals surface area contributed by atoms with Crippen LogP contribution in [0.2, 0.25) is 0 Å². The average Bonchev–Trinajstić information content (AvgIpc) is 2.18. The molecule has 0 radical (unpaired) electrons. The van der Waals surface area contributed by atoms with E-state index in [1.165, 1.54) is 12.8 Å². The van der Waals surface area contributed by atoms with Gasteiger partial charge in [0.1, 0.15) is 0 Å². The standard InChI is InChI=1S/C12H24O2/c1-3-5-6-7-12(13)8-9-14-11(4-2)10-12/h11,13H,3-10H2,1-2H3. The number of hydrogen-bond acceptors (Lipinski definition) is 2. The van der Waals surface area contributed by atoms with Crippen LogP contribution >= 0.6 is 0 Å². The van der Waals surface area contributed by atoms with Crippen LogP contribution in [0.4, 0.5) is 0 Å². The number of hydrogen-bond donors (Lipinski definition) is 1. The zero-order valence-corrected chi connectivity index (χ0v) is 9.59. The fourth-order valence-corrected chi connectivity index (χ4v) is 2.19. The van der Waals surface area contributed by atoms with Gasteiger partial charge in [0.15, 0.2) is 0 Å². The summed E-state index contributed by atoms with van der Waals surface area (Å²) in [6.45, 7) is 5.06. The van der Waals surface area contributed by atoms with E-state index in [2.05, 4.69) is 13.8 Å². The summed E-state index contributed by atoms with van der Waals surface area (Å²) < 4.78 is 5.57. The lowest BCUT2D eigenvalue weighted by Gasteiger charge is -2.36. The lowest BCUT2D eigenvalue weighted by molar-refractivity contribution is -0.108.